The van der Waals surface area contributed by atoms with Crippen LogP contribution in [-0.4, -0.2) is 33.6 Å². The van der Waals surface area contributed by atoms with Crippen molar-refractivity contribution in [3.05, 3.63) is 22.2 Å². The largest absolute Gasteiger partial charge is 0.480 e. The molecule has 0 radical (unpaired) electrons. The van der Waals surface area contributed by atoms with Crippen molar-refractivity contribution in [1.82, 2.24) is 9.97 Å². The van der Waals surface area contributed by atoms with Crippen molar-refractivity contribution in [1.29, 1.82) is 0 Å². The molecule has 0 aliphatic carbocycles. The van der Waals surface area contributed by atoms with E-state index in [1.165, 1.54) is 6.07 Å². The monoisotopic (exact) mass is 251 g/mol. The predicted molar refractivity (Wildman–Crippen MR) is 66.8 cm³/mol. The first-order valence-corrected chi connectivity index (χ1v) is 6.06. The van der Waals surface area contributed by atoms with Crippen molar-refractivity contribution in [2.75, 3.05) is 11.4 Å². The van der Waals surface area contributed by atoms with E-state index in [1.807, 2.05) is 6.92 Å². The predicted octanol–water partition coefficient (Wildman–Crippen LogP) is 0.768. The number of aromatic amines is 1. The SMILES string of the molecule is Cc1nc(N2CCCC(C)C2C(=O)O)cc(=O)[nH]1. The first kappa shape index (κ1) is 12.6. The summed E-state index contributed by atoms with van der Waals surface area (Å²) >= 11 is 0. The Bertz CT molecular complexity index is 512. The molecule has 1 fully saturated rings. The number of carboxylic acid groups (broad SMARTS) is 1. The summed E-state index contributed by atoms with van der Waals surface area (Å²) < 4.78 is 0. The molecule has 2 heterocycles. The van der Waals surface area contributed by atoms with Crippen LogP contribution in [0.4, 0.5) is 5.82 Å². The molecule has 2 atom stereocenters. The molecule has 0 aromatic carbocycles. The van der Waals surface area contributed by atoms with Crippen LogP contribution in [0.3, 0.4) is 0 Å². The lowest BCUT2D eigenvalue weighted by Crippen LogP contribution is -2.50. The smallest absolute Gasteiger partial charge is 0.326 e. The molecule has 98 valence electrons. The fourth-order valence-corrected chi connectivity index (χ4v) is 2.53. The van der Waals surface area contributed by atoms with Crippen LogP contribution in [-0.2, 0) is 4.79 Å². The second-order valence-electron chi connectivity index (χ2n) is 4.78. The highest BCUT2D eigenvalue weighted by Crippen LogP contribution is 2.27. The Morgan fingerprint density at radius 3 is 2.94 bits per heavy atom. The highest BCUT2D eigenvalue weighted by molar-refractivity contribution is 5.78. The summed E-state index contributed by atoms with van der Waals surface area (Å²) in [4.78, 5) is 31.3. The van der Waals surface area contributed by atoms with Gasteiger partial charge in [0.25, 0.3) is 5.56 Å². The number of rotatable bonds is 2. The summed E-state index contributed by atoms with van der Waals surface area (Å²) in [6, 6.07) is 0.758. The molecule has 1 aliphatic rings. The number of nitrogens with zero attached hydrogens (tertiary/aromatic N) is 2. The first-order chi connectivity index (χ1) is 8.49. The Kier molecular flexibility index (Phi) is 3.36. The molecule has 0 amide bonds. The maximum Gasteiger partial charge on any atom is 0.326 e. The molecule has 18 heavy (non-hydrogen) atoms. The molecule has 2 rings (SSSR count). The van der Waals surface area contributed by atoms with E-state index >= 15 is 0 Å². The van der Waals surface area contributed by atoms with Gasteiger partial charge in [-0.1, -0.05) is 6.92 Å². The van der Waals surface area contributed by atoms with Gasteiger partial charge >= 0.3 is 5.97 Å². The van der Waals surface area contributed by atoms with Crippen LogP contribution in [0.1, 0.15) is 25.6 Å². The molecule has 0 spiro atoms. The van der Waals surface area contributed by atoms with Crippen molar-refractivity contribution in [3.63, 3.8) is 0 Å². The Morgan fingerprint density at radius 1 is 1.61 bits per heavy atom. The van der Waals surface area contributed by atoms with Gasteiger partial charge in [0.1, 0.15) is 17.7 Å². The minimum Gasteiger partial charge on any atom is -0.480 e. The quantitative estimate of drug-likeness (QED) is 0.810. The molecule has 1 aliphatic heterocycles. The standard InChI is InChI=1S/C12H17N3O3/c1-7-4-3-5-15(11(7)12(17)18)9-6-10(16)14-8(2)13-9/h6-7,11H,3-5H2,1-2H3,(H,17,18)(H,13,14,16). The first-order valence-electron chi connectivity index (χ1n) is 6.06. The topological polar surface area (TPSA) is 86.3 Å². The van der Waals surface area contributed by atoms with Gasteiger partial charge in [-0.25, -0.2) is 9.78 Å². The highest BCUT2D eigenvalue weighted by atomic mass is 16.4. The molecule has 1 aromatic rings. The summed E-state index contributed by atoms with van der Waals surface area (Å²) in [6.07, 6.45) is 1.80. The summed E-state index contributed by atoms with van der Waals surface area (Å²) in [5.74, 6) is 0.148. The van der Waals surface area contributed by atoms with Gasteiger partial charge in [0, 0.05) is 12.6 Å². The molecule has 0 bridgehead atoms. The second kappa shape index (κ2) is 4.80. The van der Waals surface area contributed by atoms with Crippen LogP contribution in [0.5, 0.6) is 0 Å². The van der Waals surface area contributed by atoms with Gasteiger partial charge in [-0.2, -0.15) is 0 Å². The third-order valence-corrected chi connectivity index (χ3v) is 3.33. The fourth-order valence-electron chi connectivity index (χ4n) is 2.53. The Balaban J connectivity index is 2.40. The number of anilines is 1. The highest BCUT2D eigenvalue weighted by Gasteiger charge is 2.35. The lowest BCUT2D eigenvalue weighted by Gasteiger charge is -2.38. The van der Waals surface area contributed by atoms with Crippen LogP contribution in [0.15, 0.2) is 10.9 Å². The summed E-state index contributed by atoms with van der Waals surface area (Å²) in [5.41, 5.74) is -0.250. The number of carboxylic acids is 1. The van der Waals surface area contributed by atoms with Crippen LogP contribution >= 0.6 is 0 Å². The van der Waals surface area contributed by atoms with Gasteiger partial charge in [-0.3, -0.25) is 4.79 Å². The lowest BCUT2D eigenvalue weighted by atomic mass is 9.91. The number of H-pyrrole nitrogens is 1. The van der Waals surface area contributed by atoms with E-state index in [0.29, 0.717) is 18.2 Å². The van der Waals surface area contributed by atoms with Crippen molar-refractivity contribution >= 4 is 11.8 Å². The van der Waals surface area contributed by atoms with Gasteiger partial charge < -0.3 is 15.0 Å². The molecular formula is C12H17N3O3. The second-order valence-corrected chi connectivity index (χ2v) is 4.78. The maximum absolute atomic E-state index is 11.4. The Hall–Kier alpha value is -1.85. The number of hydrogen-bond acceptors (Lipinski definition) is 4. The summed E-state index contributed by atoms with van der Waals surface area (Å²) in [6.45, 7) is 4.23. The third-order valence-electron chi connectivity index (χ3n) is 3.33. The average molecular weight is 251 g/mol. The number of aryl methyl sites for hydroxylation is 1. The molecule has 2 N–H and O–H groups in total. The van der Waals surface area contributed by atoms with Crippen molar-refractivity contribution in [2.45, 2.75) is 32.7 Å². The molecule has 2 unspecified atom stereocenters. The molecule has 6 nitrogen and oxygen atoms in total. The van der Waals surface area contributed by atoms with Crippen molar-refractivity contribution < 1.29 is 9.90 Å². The van der Waals surface area contributed by atoms with Crippen LogP contribution < -0.4 is 10.5 Å². The zero-order chi connectivity index (χ0) is 13.3. The summed E-state index contributed by atoms with van der Waals surface area (Å²) in [7, 11) is 0. The van der Waals surface area contributed by atoms with Gasteiger partial charge in [0.15, 0.2) is 0 Å². The van der Waals surface area contributed by atoms with Gasteiger partial charge in [0.05, 0.1) is 0 Å². The van der Waals surface area contributed by atoms with Gasteiger partial charge in [0.2, 0.25) is 0 Å². The minimum atomic E-state index is -0.859. The van der Waals surface area contributed by atoms with Gasteiger partial charge in [-0.15, -0.1) is 0 Å². The molecular weight excluding hydrogens is 234 g/mol. The molecule has 0 saturated carbocycles. The Morgan fingerprint density at radius 2 is 2.33 bits per heavy atom. The Labute approximate surface area is 105 Å². The number of hydrogen-bond donors (Lipinski definition) is 2. The number of piperidine rings is 1. The number of nitrogens with one attached hydrogen (secondary N) is 1. The molecule has 1 saturated heterocycles. The van der Waals surface area contributed by atoms with Crippen molar-refractivity contribution in [3.8, 4) is 0 Å². The van der Waals surface area contributed by atoms with Crippen LogP contribution in [0.25, 0.3) is 0 Å². The minimum absolute atomic E-state index is 0.0534. The van der Waals surface area contributed by atoms with E-state index in [0.717, 1.165) is 12.8 Å². The molecule has 1 aromatic heterocycles. The van der Waals surface area contributed by atoms with E-state index in [4.69, 9.17) is 0 Å². The zero-order valence-electron chi connectivity index (χ0n) is 10.5. The van der Waals surface area contributed by atoms with E-state index in [2.05, 4.69) is 9.97 Å². The summed E-state index contributed by atoms with van der Waals surface area (Å²) in [5, 5.41) is 9.32. The normalized spacial score (nSPS) is 24.0. The zero-order valence-corrected chi connectivity index (χ0v) is 10.5. The van der Waals surface area contributed by atoms with Crippen molar-refractivity contribution in [2.24, 2.45) is 5.92 Å². The fraction of sp³-hybridized carbons (Fsp3) is 0.583. The van der Waals surface area contributed by atoms with E-state index in [9.17, 15) is 14.7 Å². The van der Waals surface area contributed by atoms with Gasteiger partial charge in [-0.05, 0) is 25.7 Å². The van der Waals surface area contributed by atoms with Crippen LogP contribution in [0, 0.1) is 12.8 Å². The van der Waals surface area contributed by atoms with Crippen LogP contribution in [0.2, 0.25) is 0 Å². The molecule has 6 heteroatoms. The van der Waals surface area contributed by atoms with E-state index in [-0.39, 0.29) is 11.5 Å². The maximum atomic E-state index is 11.4. The van der Waals surface area contributed by atoms with E-state index < -0.39 is 12.0 Å². The number of carbonyl (C=O) groups is 1. The number of aromatic nitrogens is 2. The lowest BCUT2D eigenvalue weighted by molar-refractivity contribution is -0.140. The number of aliphatic carboxylic acids is 1. The van der Waals surface area contributed by atoms with E-state index in [1.54, 1.807) is 11.8 Å². The third kappa shape index (κ3) is 2.37. The average Bonchev–Trinajstić information content (AvgIpc) is 2.26.